The van der Waals surface area contributed by atoms with Crippen LogP contribution in [0.3, 0.4) is 0 Å². The van der Waals surface area contributed by atoms with E-state index in [9.17, 15) is 14.3 Å². The van der Waals surface area contributed by atoms with Gasteiger partial charge in [0.1, 0.15) is 22.9 Å². The monoisotopic (exact) mass is 627 g/mol. The van der Waals surface area contributed by atoms with Crippen LogP contribution in [0, 0.1) is 19.7 Å². The van der Waals surface area contributed by atoms with Crippen LogP contribution in [0.2, 0.25) is 0 Å². The van der Waals surface area contributed by atoms with Crippen molar-refractivity contribution in [3.63, 3.8) is 0 Å². The summed E-state index contributed by atoms with van der Waals surface area (Å²) < 4.78 is 15.5. The van der Waals surface area contributed by atoms with E-state index in [1.807, 2.05) is 86.7 Å². The Labute approximate surface area is 276 Å². The van der Waals surface area contributed by atoms with Gasteiger partial charge in [-0.3, -0.25) is 9.20 Å². The molecule has 0 fully saturated rings. The average molecular weight is 628 g/mol. The fraction of sp³-hybridized carbons (Fsp3) is 0.350. The maximum absolute atomic E-state index is 13.5. The van der Waals surface area contributed by atoms with Gasteiger partial charge in [-0.15, -0.1) is 0 Å². The topological polar surface area (TPSA) is 57.8 Å². The number of benzene rings is 2. The second-order valence-corrected chi connectivity index (χ2v) is 10.7. The largest absolute Gasteiger partial charge is 0.508 e. The first-order valence-electron chi connectivity index (χ1n) is 16.3. The molecule has 0 aliphatic carbocycles. The molecule has 0 saturated carbocycles. The lowest BCUT2D eigenvalue weighted by molar-refractivity contribution is 0.112. The molecule has 6 heteroatoms. The lowest BCUT2D eigenvalue weighted by Gasteiger charge is -2.15. The van der Waals surface area contributed by atoms with E-state index in [0.29, 0.717) is 17.0 Å². The minimum Gasteiger partial charge on any atom is -0.508 e. The normalized spacial score (nSPS) is 10.7. The van der Waals surface area contributed by atoms with Gasteiger partial charge in [0.25, 0.3) is 0 Å². The van der Waals surface area contributed by atoms with Gasteiger partial charge in [-0.05, 0) is 107 Å². The molecule has 0 aliphatic rings. The first kappa shape index (κ1) is 39.7. The molecule has 0 amide bonds. The Kier molecular flexibility index (Phi) is 18.5. The molecule has 248 valence electrons. The lowest BCUT2D eigenvalue weighted by Crippen LogP contribution is -2.18. The summed E-state index contributed by atoms with van der Waals surface area (Å²) >= 11 is 0. The molecule has 1 N–H and O–H groups in total. The summed E-state index contributed by atoms with van der Waals surface area (Å²) in [6.07, 6.45) is 11.8. The van der Waals surface area contributed by atoms with Crippen LogP contribution in [-0.2, 0) is 13.0 Å². The Morgan fingerprint density at radius 3 is 2.30 bits per heavy atom. The number of hydrogen-bond acceptors (Lipinski definition) is 4. The Bertz CT molecular complexity index is 1580. The number of phenolic OH excluding ortho intramolecular Hbond substituents is 1. The number of phenols is 1. The lowest BCUT2D eigenvalue weighted by atomic mass is 10.1. The third-order valence-electron chi connectivity index (χ3n) is 7.07. The van der Waals surface area contributed by atoms with Crippen molar-refractivity contribution in [3.8, 4) is 17.0 Å². The van der Waals surface area contributed by atoms with Gasteiger partial charge in [-0.25, -0.2) is 9.37 Å². The van der Waals surface area contributed by atoms with Gasteiger partial charge in [0, 0.05) is 17.8 Å². The number of carbonyl (C=O) groups excluding carboxylic acids is 1. The molecule has 2 aromatic carbocycles. The molecular formula is C40H54FN3O2. The summed E-state index contributed by atoms with van der Waals surface area (Å²) in [5, 5.41) is 9.37. The molecule has 0 bridgehead atoms. The fourth-order valence-corrected chi connectivity index (χ4v) is 4.61. The van der Waals surface area contributed by atoms with Crippen LogP contribution in [0.15, 0.2) is 91.1 Å². The zero-order valence-electron chi connectivity index (χ0n) is 29.4. The molecule has 0 atom stereocenters. The van der Waals surface area contributed by atoms with Crippen molar-refractivity contribution in [1.82, 2.24) is 14.3 Å². The predicted molar refractivity (Wildman–Crippen MR) is 194 cm³/mol. The van der Waals surface area contributed by atoms with Crippen LogP contribution >= 0.6 is 0 Å². The third-order valence-corrected chi connectivity index (χ3v) is 7.07. The van der Waals surface area contributed by atoms with E-state index in [-0.39, 0.29) is 5.82 Å². The molecule has 0 aliphatic heterocycles. The molecule has 4 rings (SSSR count). The van der Waals surface area contributed by atoms with Crippen molar-refractivity contribution >= 4 is 11.9 Å². The number of fused-ring (bicyclic) bond motifs is 1. The highest BCUT2D eigenvalue weighted by atomic mass is 19.1. The number of halogens is 1. The van der Waals surface area contributed by atoms with E-state index in [0.717, 1.165) is 60.4 Å². The summed E-state index contributed by atoms with van der Waals surface area (Å²) in [6, 6.07) is 16.4. The third kappa shape index (κ3) is 12.2. The van der Waals surface area contributed by atoms with Crippen LogP contribution in [-0.4, -0.2) is 39.3 Å². The summed E-state index contributed by atoms with van der Waals surface area (Å²) in [5.74, 6) is 0.128. The molecular weight excluding hydrogens is 573 g/mol. The van der Waals surface area contributed by atoms with Crippen molar-refractivity contribution in [2.75, 3.05) is 13.6 Å². The Morgan fingerprint density at radius 2 is 1.74 bits per heavy atom. The summed E-state index contributed by atoms with van der Waals surface area (Å²) in [5.41, 5.74) is 7.62. The first-order valence-corrected chi connectivity index (χ1v) is 16.3. The number of pyridine rings is 1. The zero-order valence-corrected chi connectivity index (χ0v) is 29.4. The SMILES string of the molecule is C=C(/C=C\C=C/C)CC.CC.CCCN(C)Cc1ccc(O)c(C)c1.CCc1cccc2nc(C=O)c(-c3ccc(F)c(C)c3)n12. The molecule has 4 aromatic rings. The van der Waals surface area contributed by atoms with Gasteiger partial charge in [0.15, 0.2) is 6.29 Å². The van der Waals surface area contributed by atoms with Gasteiger partial charge in [-0.1, -0.05) is 89.3 Å². The highest BCUT2D eigenvalue weighted by Gasteiger charge is 2.16. The standard InChI is InChI=1S/C17H15FN2O.C12H19NO.C9H14.C2H6/c1-3-13-5-4-6-16-19-15(10-21)17(20(13)16)12-7-8-14(18)11(2)9-12;1-4-7-13(3)9-11-5-6-12(14)10(2)8-11;1-4-6-7-8-9(3)5-2;1-2/h4-10H,3H2,1-2H3;5-6,8,14H,4,7,9H2,1-3H3;4,6-8H,3,5H2,1-2H3;1-2H3/b;;6-4-,8-7-;. The molecule has 46 heavy (non-hydrogen) atoms. The second kappa shape index (κ2) is 21.4. The van der Waals surface area contributed by atoms with Gasteiger partial charge >= 0.3 is 0 Å². The summed E-state index contributed by atoms with van der Waals surface area (Å²) in [7, 11) is 2.12. The highest BCUT2D eigenvalue weighted by molar-refractivity contribution is 5.86. The number of nitrogens with zero attached hydrogens (tertiary/aromatic N) is 3. The number of aromatic hydroxyl groups is 1. The van der Waals surface area contributed by atoms with Crippen LogP contribution in [0.4, 0.5) is 4.39 Å². The predicted octanol–water partition coefficient (Wildman–Crippen LogP) is 10.5. The van der Waals surface area contributed by atoms with E-state index in [1.165, 1.54) is 23.6 Å². The number of rotatable bonds is 10. The van der Waals surface area contributed by atoms with Gasteiger partial charge in [0.05, 0.1) is 5.69 Å². The van der Waals surface area contributed by atoms with Crippen molar-refractivity contribution in [1.29, 1.82) is 0 Å². The van der Waals surface area contributed by atoms with Gasteiger partial charge in [-0.2, -0.15) is 0 Å². The van der Waals surface area contributed by atoms with Crippen molar-refractivity contribution < 1.29 is 14.3 Å². The van der Waals surface area contributed by atoms with Crippen LogP contribution in [0.5, 0.6) is 5.75 Å². The number of aromatic nitrogens is 2. The molecule has 2 aromatic heterocycles. The van der Waals surface area contributed by atoms with Crippen LogP contribution < -0.4 is 0 Å². The minimum absolute atomic E-state index is 0.254. The van der Waals surface area contributed by atoms with Gasteiger partial charge < -0.3 is 10.0 Å². The van der Waals surface area contributed by atoms with Crippen molar-refractivity contribution in [2.45, 2.75) is 81.2 Å². The Morgan fingerprint density at radius 1 is 1.02 bits per heavy atom. The molecule has 0 radical (unpaired) electrons. The molecule has 2 heterocycles. The average Bonchev–Trinajstić information content (AvgIpc) is 3.45. The molecule has 5 nitrogen and oxygen atoms in total. The van der Waals surface area contributed by atoms with Crippen molar-refractivity contribution in [3.05, 3.63) is 125 Å². The maximum atomic E-state index is 13.5. The second-order valence-electron chi connectivity index (χ2n) is 10.7. The first-order chi connectivity index (χ1) is 22.1. The molecule has 0 saturated heterocycles. The van der Waals surface area contributed by atoms with E-state index in [2.05, 4.69) is 44.3 Å². The maximum Gasteiger partial charge on any atom is 0.170 e. The highest BCUT2D eigenvalue weighted by Crippen LogP contribution is 2.27. The summed E-state index contributed by atoms with van der Waals surface area (Å²) in [6.45, 7) is 21.9. The van der Waals surface area contributed by atoms with E-state index in [4.69, 9.17) is 0 Å². The van der Waals surface area contributed by atoms with E-state index >= 15 is 0 Å². The number of carbonyl (C=O) groups is 1. The van der Waals surface area contributed by atoms with Crippen LogP contribution in [0.1, 0.15) is 87.3 Å². The number of aldehydes is 1. The fourth-order valence-electron chi connectivity index (χ4n) is 4.61. The summed E-state index contributed by atoms with van der Waals surface area (Å²) in [4.78, 5) is 18.0. The van der Waals surface area contributed by atoms with Crippen molar-refractivity contribution in [2.24, 2.45) is 0 Å². The van der Waals surface area contributed by atoms with Crippen LogP contribution in [0.25, 0.3) is 16.9 Å². The van der Waals surface area contributed by atoms with Gasteiger partial charge in [0.2, 0.25) is 0 Å². The van der Waals surface area contributed by atoms with E-state index < -0.39 is 0 Å². The minimum atomic E-state index is -0.254. The number of hydrogen-bond donors (Lipinski definition) is 1. The number of aryl methyl sites for hydroxylation is 3. The smallest absolute Gasteiger partial charge is 0.170 e. The zero-order chi connectivity index (χ0) is 34.6. The Hall–Kier alpha value is -4.29. The number of allylic oxidation sites excluding steroid dienone is 5. The molecule has 0 spiro atoms. The number of imidazole rings is 1. The quantitative estimate of drug-likeness (QED) is 0.140. The Balaban J connectivity index is 0.000000367. The van der Waals surface area contributed by atoms with E-state index in [1.54, 1.807) is 25.1 Å². The molecule has 0 unspecified atom stereocenters.